The number of halogens is 4. The third kappa shape index (κ3) is 4.15. The Hall–Kier alpha value is -0.240. The van der Waals surface area contributed by atoms with E-state index >= 15 is 0 Å². The zero-order chi connectivity index (χ0) is 13.8. The molecule has 0 spiro atoms. The molecule has 3 nitrogen and oxygen atoms in total. The molecule has 0 unspecified atom stereocenters. The highest BCUT2D eigenvalue weighted by atomic mass is 79.9. The fourth-order valence-electron chi connectivity index (χ4n) is 1.31. The molecule has 1 aromatic rings. The molecule has 18 heavy (non-hydrogen) atoms. The van der Waals surface area contributed by atoms with Crippen molar-refractivity contribution in [3.63, 3.8) is 0 Å². The second-order valence-electron chi connectivity index (χ2n) is 3.40. The van der Waals surface area contributed by atoms with Gasteiger partial charge in [0.15, 0.2) is 0 Å². The molecule has 0 radical (unpaired) electrons. The van der Waals surface area contributed by atoms with E-state index in [-0.39, 0.29) is 16.8 Å². The molecule has 0 fully saturated rings. The normalized spacial score (nSPS) is 12.3. The van der Waals surface area contributed by atoms with Crippen LogP contribution in [0, 0.1) is 0 Å². The van der Waals surface area contributed by atoms with E-state index in [0.717, 1.165) is 4.31 Å². The van der Waals surface area contributed by atoms with Crippen LogP contribution in [-0.4, -0.2) is 37.6 Å². The van der Waals surface area contributed by atoms with E-state index < -0.39 is 23.0 Å². The van der Waals surface area contributed by atoms with Crippen LogP contribution in [-0.2, 0) is 10.0 Å². The molecule has 1 aromatic carbocycles. The standard InChI is InChI=1S/C10H11BrClF2NO2S/c11-5-6-15(7-10(13)14)18(16,17)9-3-1-8(12)2-4-9/h1-4,10H,5-7H2. The van der Waals surface area contributed by atoms with E-state index in [4.69, 9.17) is 11.6 Å². The van der Waals surface area contributed by atoms with Crippen molar-refractivity contribution in [2.45, 2.75) is 11.3 Å². The number of nitrogens with zero attached hydrogens (tertiary/aromatic N) is 1. The van der Waals surface area contributed by atoms with Gasteiger partial charge >= 0.3 is 0 Å². The van der Waals surface area contributed by atoms with E-state index in [2.05, 4.69) is 15.9 Å². The molecule has 1 rings (SSSR count). The highest BCUT2D eigenvalue weighted by Crippen LogP contribution is 2.19. The van der Waals surface area contributed by atoms with Crippen LogP contribution in [0.5, 0.6) is 0 Å². The average Bonchev–Trinajstić information content (AvgIpc) is 2.28. The third-order valence-electron chi connectivity index (χ3n) is 2.13. The van der Waals surface area contributed by atoms with Gasteiger partial charge in [0.2, 0.25) is 10.0 Å². The SMILES string of the molecule is O=S(=O)(c1ccc(Cl)cc1)N(CCBr)CC(F)F. The van der Waals surface area contributed by atoms with Crippen LogP contribution >= 0.6 is 27.5 Å². The highest BCUT2D eigenvalue weighted by molar-refractivity contribution is 9.09. The van der Waals surface area contributed by atoms with Gasteiger partial charge in [0, 0.05) is 16.9 Å². The topological polar surface area (TPSA) is 37.4 Å². The lowest BCUT2D eigenvalue weighted by Crippen LogP contribution is -2.36. The fraction of sp³-hybridized carbons (Fsp3) is 0.400. The van der Waals surface area contributed by atoms with Gasteiger partial charge in [0.25, 0.3) is 6.43 Å². The monoisotopic (exact) mass is 361 g/mol. The molecule has 0 aliphatic heterocycles. The Labute approximate surface area is 118 Å². The molecule has 0 atom stereocenters. The molecule has 0 N–H and O–H groups in total. The van der Waals surface area contributed by atoms with Gasteiger partial charge in [-0.1, -0.05) is 27.5 Å². The summed E-state index contributed by atoms with van der Waals surface area (Å²) in [5.41, 5.74) is 0. The van der Waals surface area contributed by atoms with Crippen molar-refractivity contribution in [3.05, 3.63) is 29.3 Å². The van der Waals surface area contributed by atoms with Crippen LogP contribution in [0.2, 0.25) is 5.02 Å². The van der Waals surface area contributed by atoms with E-state index in [1.165, 1.54) is 24.3 Å². The Morgan fingerprint density at radius 3 is 2.28 bits per heavy atom. The maximum atomic E-state index is 12.4. The summed E-state index contributed by atoms with van der Waals surface area (Å²) < 4.78 is 49.7. The second kappa shape index (κ2) is 6.79. The number of alkyl halides is 3. The number of sulfonamides is 1. The molecule has 0 saturated carbocycles. The molecule has 102 valence electrons. The van der Waals surface area contributed by atoms with Crippen LogP contribution < -0.4 is 0 Å². The summed E-state index contributed by atoms with van der Waals surface area (Å²) in [4.78, 5) is -0.0477. The van der Waals surface area contributed by atoms with Crippen LogP contribution in [0.1, 0.15) is 0 Å². The third-order valence-corrected chi connectivity index (χ3v) is 4.61. The van der Waals surface area contributed by atoms with Gasteiger partial charge in [-0.05, 0) is 24.3 Å². The molecule has 0 aliphatic rings. The first-order chi connectivity index (χ1) is 8.37. The smallest absolute Gasteiger partial charge is 0.209 e. The fourth-order valence-corrected chi connectivity index (χ4v) is 3.52. The molecular weight excluding hydrogens is 352 g/mol. The molecular formula is C10H11BrClF2NO2S. The lowest BCUT2D eigenvalue weighted by atomic mass is 10.4. The zero-order valence-corrected chi connectivity index (χ0v) is 12.4. The van der Waals surface area contributed by atoms with Crippen LogP contribution in [0.15, 0.2) is 29.2 Å². The first-order valence-electron chi connectivity index (χ1n) is 4.97. The van der Waals surface area contributed by atoms with Gasteiger partial charge in [-0.3, -0.25) is 0 Å². The first kappa shape index (κ1) is 15.8. The molecule has 0 amide bonds. The minimum absolute atomic E-state index is 0.0186. The zero-order valence-electron chi connectivity index (χ0n) is 9.19. The first-order valence-corrected chi connectivity index (χ1v) is 7.91. The predicted molar refractivity (Wildman–Crippen MR) is 70.0 cm³/mol. The van der Waals surface area contributed by atoms with E-state index in [1.54, 1.807) is 0 Å². The Bertz CT molecular complexity index is 481. The van der Waals surface area contributed by atoms with E-state index in [1.807, 2.05) is 0 Å². The van der Waals surface area contributed by atoms with Crippen LogP contribution in [0.3, 0.4) is 0 Å². The summed E-state index contributed by atoms with van der Waals surface area (Å²) in [5, 5.41) is 0.668. The average molecular weight is 363 g/mol. The highest BCUT2D eigenvalue weighted by Gasteiger charge is 2.26. The second-order valence-corrected chi connectivity index (χ2v) is 6.56. The van der Waals surface area contributed by atoms with Crippen LogP contribution in [0.25, 0.3) is 0 Å². The Balaban J connectivity index is 3.04. The van der Waals surface area contributed by atoms with E-state index in [9.17, 15) is 17.2 Å². The minimum Gasteiger partial charge on any atom is -0.209 e. The maximum absolute atomic E-state index is 12.4. The molecule has 0 saturated heterocycles. The predicted octanol–water partition coefficient (Wildman–Crippen LogP) is 2.99. The molecule has 0 bridgehead atoms. The number of hydrogen-bond donors (Lipinski definition) is 0. The molecule has 0 aliphatic carbocycles. The molecule has 8 heteroatoms. The lowest BCUT2D eigenvalue weighted by Gasteiger charge is -2.20. The Morgan fingerprint density at radius 1 is 1.28 bits per heavy atom. The quantitative estimate of drug-likeness (QED) is 0.730. The maximum Gasteiger partial charge on any atom is 0.252 e. The van der Waals surface area contributed by atoms with Crippen molar-refractivity contribution in [3.8, 4) is 0 Å². The van der Waals surface area contributed by atoms with Gasteiger partial charge < -0.3 is 0 Å². The molecule has 0 heterocycles. The van der Waals surface area contributed by atoms with Crippen molar-refractivity contribution < 1.29 is 17.2 Å². The van der Waals surface area contributed by atoms with Crippen molar-refractivity contribution in [1.82, 2.24) is 4.31 Å². The summed E-state index contributed by atoms with van der Waals surface area (Å²) in [6.07, 6.45) is -2.72. The van der Waals surface area contributed by atoms with E-state index in [0.29, 0.717) is 5.02 Å². The van der Waals surface area contributed by atoms with Crippen molar-refractivity contribution in [1.29, 1.82) is 0 Å². The lowest BCUT2D eigenvalue weighted by molar-refractivity contribution is 0.121. The van der Waals surface area contributed by atoms with Gasteiger partial charge in [-0.15, -0.1) is 0 Å². The van der Waals surface area contributed by atoms with Crippen LogP contribution in [0.4, 0.5) is 8.78 Å². The summed E-state index contributed by atoms with van der Waals surface area (Å²) in [5.74, 6) is 0. The van der Waals surface area contributed by atoms with Gasteiger partial charge in [0.05, 0.1) is 11.4 Å². The van der Waals surface area contributed by atoms with Crippen molar-refractivity contribution in [2.75, 3.05) is 18.4 Å². The Kier molecular flexibility index (Phi) is 5.97. The van der Waals surface area contributed by atoms with Crippen molar-refractivity contribution in [2.24, 2.45) is 0 Å². The minimum atomic E-state index is -3.91. The summed E-state index contributed by atoms with van der Waals surface area (Å²) in [6.45, 7) is -0.841. The summed E-state index contributed by atoms with van der Waals surface area (Å²) in [6, 6.07) is 5.40. The Morgan fingerprint density at radius 2 is 1.83 bits per heavy atom. The number of rotatable bonds is 6. The van der Waals surface area contributed by atoms with Crippen molar-refractivity contribution >= 4 is 37.6 Å². The summed E-state index contributed by atoms with van der Waals surface area (Å²) in [7, 11) is -3.91. The summed E-state index contributed by atoms with van der Waals surface area (Å²) >= 11 is 8.70. The number of hydrogen-bond acceptors (Lipinski definition) is 2. The van der Waals surface area contributed by atoms with Gasteiger partial charge in [-0.25, -0.2) is 17.2 Å². The largest absolute Gasteiger partial charge is 0.252 e. The van der Waals surface area contributed by atoms with Gasteiger partial charge in [-0.2, -0.15) is 4.31 Å². The number of benzene rings is 1. The van der Waals surface area contributed by atoms with Gasteiger partial charge in [0.1, 0.15) is 0 Å². The molecule has 0 aromatic heterocycles.